The van der Waals surface area contributed by atoms with Crippen LogP contribution in [0.3, 0.4) is 0 Å². The molecule has 4 aliphatic heterocycles. The van der Waals surface area contributed by atoms with Crippen LogP contribution in [0, 0.1) is 7.43 Å². The fourth-order valence-electron chi connectivity index (χ4n) is 6.29. The number of carbonyl (C=O) groups is 1. The molecule has 1 unspecified atom stereocenters. The second-order valence-electron chi connectivity index (χ2n) is 12.0. The molecule has 2 saturated heterocycles. The molecule has 0 spiro atoms. The standard InChI is InChI=1S/C19H21N3O2.C18H17N3O2.CH3.BrH.Mg/c1-13(23)14-2-3-16-12-21-19(17(16)10-14)15-4-5-20-18(11-15)22-6-8-24-9-7-22;22-12-13-1-2-15-11-20-18(16(15)9-13)14-3-4-19-17(10-14)21-5-7-23-8-6-21;;;/h2-5,10-11,13,23H,6-9,12H2,1H3;1-4,9-10,12H,5-8,11H2;1H3;1H;/q;;-1;;+2/p-1. The molecular formula is C38H41BrMgN6O4. The molecule has 8 rings (SSSR count). The van der Waals surface area contributed by atoms with E-state index in [1.165, 1.54) is 5.56 Å². The Morgan fingerprint density at radius 2 is 1.20 bits per heavy atom. The molecule has 2 fully saturated rings. The molecule has 50 heavy (non-hydrogen) atoms. The molecule has 0 amide bonds. The fraction of sp³-hybridized carbons (Fsp3) is 0.316. The Labute approximate surface area is 320 Å². The van der Waals surface area contributed by atoms with Crippen LogP contribution in [-0.2, 0) is 22.6 Å². The van der Waals surface area contributed by atoms with E-state index in [4.69, 9.17) is 14.5 Å². The van der Waals surface area contributed by atoms with Crippen LogP contribution in [0.25, 0.3) is 0 Å². The molecule has 12 heteroatoms. The first kappa shape index (κ1) is 39.3. The van der Waals surface area contributed by atoms with Gasteiger partial charge in [-0.1, -0.05) is 24.3 Å². The van der Waals surface area contributed by atoms with Gasteiger partial charge in [-0.15, -0.1) is 0 Å². The molecule has 0 bridgehead atoms. The van der Waals surface area contributed by atoms with Crippen molar-refractivity contribution in [2.24, 2.45) is 9.98 Å². The van der Waals surface area contributed by atoms with Crippen molar-refractivity contribution in [3.8, 4) is 0 Å². The quantitative estimate of drug-likeness (QED) is 0.180. The Hall–Kier alpha value is -3.52. The third-order valence-electron chi connectivity index (χ3n) is 8.92. The van der Waals surface area contributed by atoms with Crippen LogP contribution in [0.5, 0.6) is 0 Å². The van der Waals surface area contributed by atoms with Crippen LogP contribution in [0.15, 0.2) is 83.0 Å². The van der Waals surface area contributed by atoms with E-state index in [1.807, 2.05) is 48.8 Å². The third-order valence-corrected chi connectivity index (χ3v) is 8.92. The van der Waals surface area contributed by atoms with Gasteiger partial charge < -0.3 is 48.8 Å². The maximum Gasteiger partial charge on any atom is 2.00 e. The molecule has 4 aromatic rings. The van der Waals surface area contributed by atoms with Gasteiger partial charge in [-0.25, -0.2) is 9.97 Å². The van der Waals surface area contributed by atoms with Crippen molar-refractivity contribution in [1.29, 1.82) is 0 Å². The van der Waals surface area contributed by atoms with Crippen molar-refractivity contribution in [2.45, 2.75) is 26.1 Å². The van der Waals surface area contributed by atoms with Gasteiger partial charge in [-0.2, -0.15) is 0 Å². The maximum atomic E-state index is 11.0. The minimum absolute atomic E-state index is 0. The van der Waals surface area contributed by atoms with Crippen molar-refractivity contribution in [1.82, 2.24) is 9.97 Å². The topological polar surface area (TPSA) is 113 Å². The number of nitrogens with zero attached hydrogens (tertiary/aromatic N) is 6. The van der Waals surface area contributed by atoms with Crippen molar-refractivity contribution in [3.63, 3.8) is 0 Å². The van der Waals surface area contributed by atoms with Gasteiger partial charge in [0, 0.05) is 66.4 Å². The van der Waals surface area contributed by atoms with Crippen molar-refractivity contribution in [3.05, 3.63) is 125 Å². The van der Waals surface area contributed by atoms with Crippen molar-refractivity contribution < 1.29 is 36.4 Å². The number of ether oxygens (including phenoxy) is 2. The van der Waals surface area contributed by atoms with Crippen LogP contribution in [-0.4, -0.2) is 108 Å². The smallest absolute Gasteiger partial charge is 1.00 e. The third kappa shape index (κ3) is 8.67. The van der Waals surface area contributed by atoms with Gasteiger partial charge in [0.15, 0.2) is 0 Å². The number of anilines is 2. The normalized spacial score (nSPS) is 16.5. The van der Waals surface area contributed by atoms with Crippen LogP contribution in [0.1, 0.15) is 62.3 Å². The Morgan fingerprint density at radius 3 is 1.68 bits per heavy atom. The number of benzene rings is 2. The van der Waals surface area contributed by atoms with Crippen LogP contribution in [0.2, 0.25) is 0 Å². The number of hydrogen-bond acceptors (Lipinski definition) is 10. The number of fused-ring (bicyclic) bond motifs is 2. The number of hydrogen-bond donors (Lipinski definition) is 1. The Bertz CT molecular complexity index is 1840. The number of carbonyl (C=O) groups excluding carboxylic acids is 1. The molecule has 1 N–H and O–H groups in total. The summed E-state index contributed by atoms with van der Waals surface area (Å²) in [6.07, 6.45) is 4.07. The largest absolute Gasteiger partial charge is 2.00 e. The zero-order valence-corrected chi connectivity index (χ0v) is 31.6. The van der Waals surface area contributed by atoms with E-state index >= 15 is 0 Å². The summed E-state index contributed by atoms with van der Waals surface area (Å²) in [4.78, 5) is 33.9. The summed E-state index contributed by atoms with van der Waals surface area (Å²) in [5.74, 6) is 1.92. The molecule has 0 radical (unpaired) electrons. The predicted molar refractivity (Wildman–Crippen MR) is 194 cm³/mol. The summed E-state index contributed by atoms with van der Waals surface area (Å²) >= 11 is 0. The average molecular weight is 750 g/mol. The van der Waals surface area contributed by atoms with Crippen LogP contribution < -0.4 is 26.8 Å². The van der Waals surface area contributed by atoms with Gasteiger partial charge in [-0.05, 0) is 60.0 Å². The number of pyridine rings is 2. The number of aldehydes is 1. The van der Waals surface area contributed by atoms with E-state index in [1.54, 1.807) is 6.92 Å². The molecule has 256 valence electrons. The Morgan fingerprint density at radius 1 is 0.720 bits per heavy atom. The summed E-state index contributed by atoms with van der Waals surface area (Å²) in [5, 5.41) is 9.86. The molecule has 2 aromatic heterocycles. The number of aliphatic imine (C=N–C) groups is 2. The van der Waals surface area contributed by atoms with Gasteiger partial charge in [0.2, 0.25) is 0 Å². The van der Waals surface area contributed by atoms with Gasteiger partial charge in [0.05, 0.1) is 57.0 Å². The summed E-state index contributed by atoms with van der Waals surface area (Å²) in [6, 6.07) is 20.0. The number of aliphatic hydroxyl groups excluding tert-OH is 1. The van der Waals surface area contributed by atoms with Gasteiger partial charge in [-0.3, -0.25) is 14.8 Å². The van der Waals surface area contributed by atoms with Crippen molar-refractivity contribution >= 4 is 52.4 Å². The first-order valence-electron chi connectivity index (χ1n) is 16.1. The molecule has 6 heterocycles. The zero-order chi connectivity index (χ0) is 32.2. The average Bonchev–Trinajstić information content (AvgIpc) is 3.77. The minimum atomic E-state index is -0.474. The number of aliphatic hydroxyl groups is 1. The van der Waals surface area contributed by atoms with E-state index in [2.05, 4.69) is 49.0 Å². The molecule has 2 aromatic carbocycles. The molecule has 4 aliphatic rings. The summed E-state index contributed by atoms with van der Waals surface area (Å²) in [7, 11) is 0. The SMILES string of the molecule is CC(O)c1ccc2c(c1)C(c1ccnc(N3CCOCC3)c1)=NC2.O=Cc1ccc2c(c1)C(c1ccnc(N3CCOCC3)c1)=NC2.[Br-].[CH3-].[Mg+2]. The second-order valence-corrected chi connectivity index (χ2v) is 12.0. The van der Waals surface area contributed by atoms with Gasteiger partial charge >= 0.3 is 23.1 Å². The van der Waals surface area contributed by atoms with Gasteiger partial charge in [0.1, 0.15) is 17.9 Å². The number of halogens is 1. The fourth-order valence-corrected chi connectivity index (χ4v) is 6.29. The van der Waals surface area contributed by atoms with Gasteiger partial charge in [0.25, 0.3) is 0 Å². The second kappa shape index (κ2) is 18.1. The van der Waals surface area contributed by atoms with Crippen LogP contribution in [0.4, 0.5) is 11.6 Å². The van der Waals surface area contributed by atoms with Crippen LogP contribution >= 0.6 is 0 Å². The van der Waals surface area contributed by atoms with E-state index in [-0.39, 0.29) is 47.5 Å². The van der Waals surface area contributed by atoms with E-state index in [9.17, 15) is 9.90 Å². The summed E-state index contributed by atoms with van der Waals surface area (Å²) in [5.41, 5.74) is 10.2. The summed E-state index contributed by atoms with van der Waals surface area (Å²) in [6.45, 7) is 9.55. The Balaban J connectivity index is 0.000000212. The zero-order valence-electron chi connectivity index (χ0n) is 28.6. The number of aromatic nitrogens is 2. The first-order valence-corrected chi connectivity index (χ1v) is 16.1. The monoisotopic (exact) mass is 748 g/mol. The Kier molecular flexibility index (Phi) is 14.2. The number of morpholine rings is 2. The van der Waals surface area contributed by atoms with E-state index < -0.39 is 6.10 Å². The van der Waals surface area contributed by atoms with E-state index in [0.29, 0.717) is 18.7 Å². The molecule has 0 aliphatic carbocycles. The first-order chi connectivity index (χ1) is 23.1. The molecule has 0 saturated carbocycles. The molecule has 10 nitrogen and oxygen atoms in total. The summed E-state index contributed by atoms with van der Waals surface area (Å²) < 4.78 is 10.8. The number of rotatable bonds is 6. The predicted octanol–water partition coefficient (Wildman–Crippen LogP) is 1.48. The maximum absolute atomic E-state index is 11.0. The molecule has 1 atom stereocenters. The van der Waals surface area contributed by atoms with Crippen molar-refractivity contribution in [2.75, 3.05) is 62.4 Å². The minimum Gasteiger partial charge on any atom is -1.00 e. The van der Waals surface area contributed by atoms with E-state index in [0.717, 1.165) is 115 Å². The molecular weight excluding hydrogens is 709 g/mol.